The number of phenols is 1. The van der Waals surface area contributed by atoms with Crippen LogP contribution in [0.4, 0.5) is 0 Å². The molecule has 0 aliphatic carbocycles. The maximum absolute atomic E-state index is 12.1. The lowest BCUT2D eigenvalue weighted by Crippen LogP contribution is -2.35. The summed E-state index contributed by atoms with van der Waals surface area (Å²) in [5.74, 6) is 0.620. The fourth-order valence-electron chi connectivity index (χ4n) is 2.56. The van der Waals surface area contributed by atoms with E-state index in [1.54, 1.807) is 25.3 Å². The molecule has 1 heterocycles. The van der Waals surface area contributed by atoms with E-state index >= 15 is 0 Å². The van der Waals surface area contributed by atoms with E-state index in [0.717, 1.165) is 5.56 Å². The molecule has 1 amide bonds. The van der Waals surface area contributed by atoms with Crippen molar-refractivity contribution in [2.75, 3.05) is 7.11 Å². The van der Waals surface area contributed by atoms with E-state index < -0.39 is 0 Å². The predicted octanol–water partition coefficient (Wildman–Crippen LogP) is 2.43. The number of benzene rings is 2. The number of amides is 1. The Balaban J connectivity index is 1.96. The van der Waals surface area contributed by atoms with Crippen molar-refractivity contribution < 1.29 is 14.6 Å². The van der Waals surface area contributed by atoms with Crippen molar-refractivity contribution in [1.29, 1.82) is 0 Å². The molecule has 102 valence electrons. The molecule has 3 rings (SSSR count). The summed E-state index contributed by atoms with van der Waals surface area (Å²) in [5, 5.41) is 13.0. The standard InChI is InChI=1S/C16H15NO3/c1-20-11-6-7-13(15(18)9-11)14-8-10-4-2-3-5-12(10)16(19)17-14/h2-7,9,14,18H,8H2,1H3,(H,17,19). The van der Waals surface area contributed by atoms with Crippen LogP contribution in [0, 0.1) is 0 Å². The van der Waals surface area contributed by atoms with Gasteiger partial charge in [-0.25, -0.2) is 0 Å². The number of carbonyl (C=O) groups is 1. The first-order valence-electron chi connectivity index (χ1n) is 6.44. The van der Waals surface area contributed by atoms with Crippen LogP contribution in [0.15, 0.2) is 42.5 Å². The van der Waals surface area contributed by atoms with Crippen LogP contribution in [-0.4, -0.2) is 18.1 Å². The monoisotopic (exact) mass is 269 g/mol. The van der Waals surface area contributed by atoms with Gasteiger partial charge in [-0.15, -0.1) is 0 Å². The molecule has 2 N–H and O–H groups in total. The maximum Gasteiger partial charge on any atom is 0.252 e. The molecule has 1 aliphatic rings. The van der Waals surface area contributed by atoms with Crippen molar-refractivity contribution in [3.05, 3.63) is 59.2 Å². The van der Waals surface area contributed by atoms with Crippen molar-refractivity contribution in [2.45, 2.75) is 12.5 Å². The third-order valence-electron chi connectivity index (χ3n) is 3.60. The number of nitrogens with one attached hydrogen (secondary N) is 1. The quantitative estimate of drug-likeness (QED) is 0.880. The Morgan fingerprint density at radius 2 is 2.05 bits per heavy atom. The van der Waals surface area contributed by atoms with Gasteiger partial charge in [-0.2, -0.15) is 0 Å². The van der Waals surface area contributed by atoms with Gasteiger partial charge in [0, 0.05) is 17.2 Å². The lowest BCUT2D eigenvalue weighted by atomic mass is 9.91. The third kappa shape index (κ3) is 2.09. The van der Waals surface area contributed by atoms with E-state index in [-0.39, 0.29) is 17.7 Å². The SMILES string of the molecule is COc1ccc(C2Cc3ccccc3C(=O)N2)c(O)c1. The largest absolute Gasteiger partial charge is 0.507 e. The normalized spacial score (nSPS) is 17.2. The van der Waals surface area contributed by atoms with E-state index in [4.69, 9.17) is 4.74 Å². The van der Waals surface area contributed by atoms with Crippen LogP contribution in [0.3, 0.4) is 0 Å². The first-order valence-corrected chi connectivity index (χ1v) is 6.44. The Labute approximate surface area is 117 Å². The molecule has 0 fully saturated rings. The molecule has 0 bridgehead atoms. The Morgan fingerprint density at radius 1 is 1.25 bits per heavy atom. The lowest BCUT2D eigenvalue weighted by Gasteiger charge is -2.26. The average molecular weight is 269 g/mol. The molecule has 0 radical (unpaired) electrons. The zero-order valence-corrected chi connectivity index (χ0v) is 11.1. The number of hydrogen-bond donors (Lipinski definition) is 2. The molecular formula is C16H15NO3. The molecule has 0 saturated carbocycles. The van der Waals surface area contributed by atoms with Gasteiger partial charge in [0.15, 0.2) is 0 Å². The highest BCUT2D eigenvalue weighted by molar-refractivity contribution is 5.97. The van der Waals surface area contributed by atoms with Crippen LogP contribution in [0.25, 0.3) is 0 Å². The molecule has 20 heavy (non-hydrogen) atoms. The number of hydrogen-bond acceptors (Lipinski definition) is 3. The van der Waals surface area contributed by atoms with Gasteiger partial charge in [0.1, 0.15) is 11.5 Å². The molecule has 4 heteroatoms. The highest BCUT2D eigenvalue weighted by Crippen LogP contribution is 2.33. The Bertz CT molecular complexity index is 667. The number of aromatic hydroxyl groups is 1. The van der Waals surface area contributed by atoms with Crippen LogP contribution in [0.5, 0.6) is 11.5 Å². The average Bonchev–Trinajstić information content (AvgIpc) is 2.47. The fraction of sp³-hybridized carbons (Fsp3) is 0.188. The van der Waals surface area contributed by atoms with Gasteiger partial charge in [-0.3, -0.25) is 4.79 Å². The zero-order chi connectivity index (χ0) is 14.1. The van der Waals surface area contributed by atoms with E-state index in [1.807, 2.05) is 24.3 Å². The summed E-state index contributed by atoms with van der Waals surface area (Å²) in [4.78, 5) is 12.1. The van der Waals surface area contributed by atoms with Crippen molar-refractivity contribution in [2.24, 2.45) is 0 Å². The Morgan fingerprint density at radius 3 is 2.80 bits per heavy atom. The first-order chi connectivity index (χ1) is 9.69. The smallest absolute Gasteiger partial charge is 0.252 e. The van der Waals surface area contributed by atoms with Gasteiger partial charge in [-0.1, -0.05) is 18.2 Å². The number of methoxy groups -OCH3 is 1. The summed E-state index contributed by atoms with van der Waals surface area (Å²) < 4.78 is 5.07. The van der Waals surface area contributed by atoms with Gasteiger partial charge in [0.25, 0.3) is 5.91 Å². The Kier molecular flexibility index (Phi) is 3.06. The molecule has 2 aromatic rings. The summed E-state index contributed by atoms with van der Waals surface area (Å²) in [6.07, 6.45) is 0.668. The van der Waals surface area contributed by atoms with Crippen LogP contribution in [0.2, 0.25) is 0 Å². The van der Waals surface area contributed by atoms with Crippen molar-refractivity contribution in [3.8, 4) is 11.5 Å². The molecule has 2 aromatic carbocycles. The highest BCUT2D eigenvalue weighted by atomic mass is 16.5. The van der Waals surface area contributed by atoms with Gasteiger partial charge >= 0.3 is 0 Å². The number of carbonyl (C=O) groups excluding carboxylic acids is 1. The van der Waals surface area contributed by atoms with Gasteiger partial charge in [0.05, 0.1) is 13.2 Å². The minimum absolute atomic E-state index is 0.105. The molecule has 0 saturated heterocycles. The topological polar surface area (TPSA) is 58.6 Å². The number of rotatable bonds is 2. The molecule has 1 aliphatic heterocycles. The van der Waals surface area contributed by atoms with Crippen molar-refractivity contribution >= 4 is 5.91 Å². The molecule has 0 aromatic heterocycles. The van der Waals surface area contributed by atoms with E-state index in [9.17, 15) is 9.90 Å². The summed E-state index contributed by atoms with van der Waals surface area (Å²) in [5.41, 5.74) is 2.40. The van der Waals surface area contributed by atoms with Crippen molar-refractivity contribution in [3.63, 3.8) is 0 Å². The van der Waals surface area contributed by atoms with Crippen molar-refractivity contribution in [1.82, 2.24) is 5.32 Å². The van der Waals surface area contributed by atoms with E-state index in [2.05, 4.69) is 5.32 Å². The lowest BCUT2D eigenvalue weighted by molar-refractivity contribution is 0.0924. The van der Waals surface area contributed by atoms with Crippen LogP contribution >= 0.6 is 0 Å². The fourth-order valence-corrected chi connectivity index (χ4v) is 2.56. The number of phenolic OH excluding ortho intramolecular Hbond substituents is 1. The first kappa shape index (κ1) is 12.5. The minimum Gasteiger partial charge on any atom is -0.507 e. The van der Waals surface area contributed by atoms with Crippen LogP contribution < -0.4 is 10.1 Å². The second-order valence-electron chi connectivity index (χ2n) is 4.81. The van der Waals surface area contributed by atoms with Gasteiger partial charge in [-0.05, 0) is 30.2 Å². The minimum atomic E-state index is -0.219. The number of ether oxygens (including phenoxy) is 1. The second-order valence-corrected chi connectivity index (χ2v) is 4.81. The summed E-state index contributed by atoms with van der Waals surface area (Å²) in [6, 6.07) is 12.4. The van der Waals surface area contributed by atoms with Crippen LogP contribution in [-0.2, 0) is 6.42 Å². The van der Waals surface area contributed by atoms with Gasteiger partial charge in [0.2, 0.25) is 0 Å². The zero-order valence-electron chi connectivity index (χ0n) is 11.1. The molecule has 1 atom stereocenters. The number of fused-ring (bicyclic) bond motifs is 1. The molecule has 1 unspecified atom stereocenters. The predicted molar refractivity (Wildman–Crippen MR) is 75.0 cm³/mol. The summed E-state index contributed by atoms with van der Waals surface area (Å²) in [7, 11) is 1.55. The van der Waals surface area contributed by atoms with Crippen LogP contribution in [0.1, 0.15) is 27.5 Å². The molecule has 4 nitrogen and oxygen atoms in total. The van der Waals surface area contributed by atoms with Gasteiger partial charge < -0.3 is 15.2 Å². The summed E-state index contributed by atoms with van der Waals surface area (Å²) >= 11 is 0. The maximum atomic E-state index is 12.1. The van der Waals surface area contributed by atoms with E-state index in [1.165, 1.54) is 0 Å². The Hall–Kier alpha value is -2.49. The second kappa shape index (κ2) is 4.89. The third-order valence-corrected chi connectivity index (χ3v) is 3.60. The summed E-state index contributed by atoms with van der Waals surface area (Å²) in [6.45, 7) is 0. The highest BCUT2D eigenvalue weighted by Gasteiger charge is 2.26. The molecular weight excluding hydrogens is 254 g/mol. The van der Waals surface area contributed by atoms with E-state index in [0.29, 0.717) is 23.3 Å². The molecule has 0 spiro atoms.